The van der Waals surface area contributed by atoms with Gasteiger partial charge in [-0.2, -0.15) is 0 Å². The molecule has 0 spiro atoms. The molecule has 0 saturated heterocycles. The number of hydrogen-bond donors (Lipinski definition) is 0. The van der Waals surface area contributed by atoms with E-state index in [0.29, 0.717) is 18.1 Å². The minimum absolute atomic E-state index is 0.598. The third kappa shape index (κ3) is 2.32. The lowest BCUT2D eigenvalue weighted by atomic mass is 10.3. The summed E-state index contributed by atoms with van der Waals surface area (Å²) in [5.41, 5.74) is 0. The van der Waals surface area contributed by atoms with Crippen molar-refractivity contribution in [2.24, 2.45) is 0 Å². The lowest BCUT2D eigenvalue weighted by molar-refractivity contribution is 0.307. The number of benzene rings is 1. The molecule has 0 aliphatic heterocycles. The molecule has 0 amide bonds. The highest BCUT2D eigenvalue weighted by Crippen LogP contribution is 2.37. The standard InChI is InChI=1S/C10H13BrO3/c1-4-14-10-6-8(12-2)7(11)5-9(10)13-3/h5-6H,4H2,1-3H3. The molecule has 3 nitrogen and oxygen atoms in total. The second-order valence-electron chi connectivity index (χ2n) is 2.57. The summed E-state index contributed by atoms with van der Waals surface area (Å²) in [4.78, 5) is 0. The van der Waals surface area contributed by atoms with Crippen molar-refractivity contribution in [2.75, 3.05) is 20.8 Å². The molecule has 0 bridgehead atoms. The predicted octanol–water partition coefficient (Wildman–Crippen LogP) is 2.87. The molecule has 1 rings (SSSR count). The number of ether oxygens (including phenoxy) is 3. The number of hydrogen-bond acceptors (Lipinski definition) is 3. The van der Waals surface area contributed by atoms with Gasteiger partial charge in [0.15, 0.2) is 11.5 Å². The van der Waals surface area contributed by atoms with Gasteiger partial charge in [0, 0.05) is 12.1 Å². The van der Waals surface area contributed by atoms with Gasteiger partial charge in [-0.3, -0.25) is 0 Å². The Morgan fingerprint density at radius 1 is 1.07 bits per heavy atom. The van der Waals surface area contributed by atoms with Crippen molar-refractivity contribution < 1.29 is 14.2 Å². The van der Waals surface area contributed by atoms with Gasteiger partial charge in [-0.15, -0.1) is 0 Å². The molecule has 0 fully saturated rings. The first-order valence-electron chi connectivity index (χ1n) is 4.27. The normalized spacial score (nSPS) is 9.71. The Balaban J connectivity index is 3.11. The topological polar surface area (TPSA) is 27.7 Å². The van der Waals surface area contributed by atoms with Crippen LogP contribution in [-0.4, -0.2) is 20.8 Å². The van der Waals surface area contributed by atoms with Gasteiger partial charge < -0.3 is 14.2 Å². The summed E-state index contributed by atoms with van der Waals surface area (Å²) in [5.74, 6) is 2.11. The molecule has 14 heavy (non-hydrogen) atoms. The van der Waals surface area contributed by atoms with Gasteiger partial charge >= 0.3 is 0 Å². The van der Waals surface area contributed by atoms with Crippen molar-refractivity contribution >= 4 is 15.9 Å². The molecule has 1 aromatic carbocycles. The Hall–Kier alpha value is -0.900. The molecular formula is C10H13BrO3. The van der Waals surface area contributed by atoms with Gasteiger partial charge in [0.1, 0.15) is 5.75 Å². The predicted molar refractivity (Wildman–Crippen MR) is 58.4 cm³/mol. The summed E-state index contributed by atoms with van der Waals surface area (Å²) in [5, 5.41) is 0. The van der Waals surface area contributed by atoms with Crippen LogP contribution in [0.25, 0.3) is 0 Å². The summed E-state index contributed by atoms with van der Waals surface area (Å²) in [6.07, 6.45) is 0. The first kappa shape index (κ1) is 11.2. The van der Waals surface area contributed by atoms with Crippen LogP contribution >= 0.6 is 15.9 Å². The van der Waals surface area contributed by atoms with Crippen molar-refractivity contribution in [3.63, 3.8) is 0 Å². The molecule has 0 aliphatic carbocycles. The second kappa shape index (κ2) is 5.10. The molecular weight excluding hydrogens is 248 g/mol. The van der Waals surface area contributed by atoms with Crippen LogP contribution in [0.5, 0.6) is 17.2 Å². The second-order valence-corrected chi connectivity index (χ2v) is 3.42. The Labute approximate surface area is 92.1 Å². The van der Waals surface area contributed by atoms with Crippen molar-refractivity contribution in [3.8, 4) is 17.2 Å². The summed E-state index contributed by atoms with van der Waals surface area (Å²) in [6, 6.07) is 3.62. The third-order valence-electron chi connectivity index (χ3n) is 1.74. The van der Waals surface area contributed by atoms with E-state index in [0.717, 1.165) is 10.2 Å². The molecule has 0 radical (unpaired) electrons. The van der Waals surface area contributed by atoms with Crippen LogP contribution in [0, 0.1) is 0 Å². The molecule has 0 atom stereocenters. The van der Waals surface area contributed by atoms with Crippen molar-refractivity contribution in [2.45, 2.75) is 6.92 Å². The molecule has 4 heteroatoms. The van der Waals surface area contributed by atoms with Gasteiger partial charge in [0.25, 0.3) is 0 Å². The molecule has 0 unspecified atom stereocenters. The van der Waals surface area contributed by atoms with Crippen LogP contribution in [0.1, 0.15) is 6.92 Å². The zero-order valence-corrected chi connectivity index (χ0v) is 10.1. The fourth-order valence-corrected chi connectivity index (χ4v) is 1.58. The van der Waals surface area contributed by atoms with Gasteiger partial charge in [-0.05, 0) is 22.9 Å². The number of halogens is 1. The number of rotatable bonds is 4. The maximum Gasteiger partial charge on any atom is 0.164 e. The van der Waals surface area contributed by atoms with Crippen LogP contribution in [0.2, 0.25) is 0 Å². The lowest BCUT2D eigenvalue weighted by Gasteiger charge is -2.11. The van der Waals surface area contributed by atoms with E-state index in [1.165, 1.54) is 0 Å². The van der Waals surface area contributed by atoms with Crippen LogP contribution in [0.4, 0.5) is 0 Å². The molecule has 0 heterocycles. The van der Waals surface area contributed by atoms with Gasteiger partial charge in [-0.1, -0.05) is 0 Å². The monoisotopic (exact) mass is 260 g/mol. The summed E-state index contributed by atoms with van der Waals surface area (Å²) < 4.78 is 16.6. The summed E-state index contributed by atoms with van der Waals surface area (Å²) in [7, 11) is 3.22. The lowest BCUT2D eigenvalue weighted by Crippen LogP contribution is -1.96. The van der Waals surface area contributed by atoms with Gasteiger partial charge in [0.05, 0.1) is 25.3 Å². The molecule has 0 aromatic heterocycles. The highest BCUT2D eigenvalue weighted by atomic mass is 79.9. The van der Waals surface area contributed by atoms with Crippen molar-refractivity contribution in [3.05, 3.63) is 16.6 Å². The zero-order valence-electron chi connectivity index (χ0n) is 8.46. The first-order valence-corrected chi connectivity index (χ1v) is 5.06. The SMILES string of the molecule is CCOc1cc(OC)c(Br)cc1OC. The Morgan fingerprint density at radius 3 is 2.21 bits per heavy atom. The number of methoxy groups -OCH3 is 2. The van der Waals surface area contributed by atoms with E-state index in [9.17, 15) is 0 Å². The van der Waals surface area contributed by atoms with E-state index in [2.05, 4.69) is 15.9 Å². The largest absolute Gasteiger partial charge is 0.495 e. The maximum atomic E-state index is 5.40. The average molecular weight is 261 g/mol. The molecule has 0 aliphatic rings. The molecule has 78 valence electrons. The highest BCUT2D eigenvalue weighted by molar-refractivity contribution is 9.10. The maximum absolute atomic E-state index is 5.40. The fourth-order valence-electron chi connectivity index (χ4n) is 1.10. The minimum Gasteiger partial charge on any atom is -0.495 e. The van der Waals surface area contributed by atoms with Crippen LogP contribution < -0.4 is 14.2 Å². The van der Waals surface area contributed by atoms with Crippen LogP contribution in [0.15, 0.2) is 16.6 Å². The van der Waals surface area contributed by atoms with E-state index < -0.39 is 0 Å². The minimum atomic E-state index is 0.598. The van der Waals surface area contributed by atoms with Crippen molar-refractivity contribution in [1.29, 1.82) is 0 Å². The quantitative estimate of drug-likeness (QED) is 0.834. The average Bonchev–Trinajstić information content (AvgIpc) is 2.20. The highest BCUT2D eigenvalue weighted by Gasteiger charge is 2.09. The van der Waals surface area contributed by atoms with Gasteiger partial charge in [0.2, 0.25) is 0 Å². The Kier molecular flexibility index (Phi) is 4.07. The van der Waals surface area contributed by atoms with E-state index in [4.69, 9.17) is 14.2 Å². The molecule has 0 N–H and O–H groups in total. The van der Waals surface area contributed by atoms with Crippen LogP contribution in [0.3, 0.4) is 0 Å². The third-order valence-corrected chi connectivity index (χ3v) is 2.36. The van der Waals surface area contributed by atoms with E-state index in [1.807, 2.05) is 13.0 Å². The smallest absolute Gasteiger partial charge is 0.164 e. The van der Waals surface area contributed by atoms with E-state index in [-0.39, 0.29) is 0 Å². The Bertz CT molecular complexity index is 312. The molecule has 0 saturated carbocycles. The zero-order chi connectivity index (χ0) is 10.6. The van der Waals surface area contributed by atoms with Crippen LogP contribution in [-0.2, 0) is 0 Å². The van der Waals surface area contributed by atoms with Gasteiger partial charge in [-0.25, -0.2) is 0 Å². The Morgan fingerprint density at radius 2 is 1.71 bits per heavy atom. The summed E-state index contributed by atoms with van der Waals surface area (Å²) in [6.45, 7) is 2.52. The van der Waals surface area contributed by atoms with Crippen molar-refractivity contribution in [1.82, 2.24) is 0 Å². The molecule has 1 aromatic rings. The van der Waals surface area contributed by atoms with E-state index in [1.54, 1.807) is 20.3 Å². The summed E-state index contributed by atoms with van der Waals surface area (Å²) >= 11 is 3.37. The van der Waals surface area contributed by atoms with E-state index >= 15 is 0 Å². The first-order chi connectivity index (χ1) is 6.72. The fraction of sp³-hybridized carbons (Fsp3) is 0.400.